The maximum Gasteiger partial charge on any atom is 0.164 e. The third kappa shape index (κ3) is 2.02. The molecule has 0 saturated heterocycles. The summed E-state index contributed by atoms with van der Waals surface area (Å²) in [5.41, 5.74) is 2.16. The molecule has 2 unspecified atom stereocenters. The molecule has 1 aromatic carbocycles. The zero-order chi connectivity index (χ0) is 15.1. The first-order chi connectivity index (χ1) is 10.7. The van der Waals surface area contributed by atoms with Crippen molar-refractivity contribution in [3.8, 4) is 0 Å². The highest BCUT2D eigenvalue weighted by atomic mass is 19.1. The molecule has 22 heavy (non-hydrogen) atoms. The van der Waals surface area contributed by atoms with Gasteiger partial charge in [0.05, 0.1) is 6.10 Å². The Balaban J connectivity index is 1.66. The lowest BCUT2D eigenvalue weighted by Crippen LogP contribution is -2.22. The number of hydrogen-bond donors (Lipinski definition) is 1. The molecule has 0 fully saturated rings. The van der Waals surface area contributed by atoms with Crippen LogP contribution in [0, 0.1) is 5.82 Å². The third-order valence-electron chi connectivity index (χ3n) is 4.09. The number of allylic oxidation sites excluding steroid dienone is 2. The van der Waals surface area contributed by atoms with Gasteiger partial charge in [0.15, 0.2) is 5.84 Å². The first-order valence-corrected chi connectivity index (χ1v) is 7.16. The quantitative estimate of drug-likeness (QED) is 0.929. The van der Waals surface area contributed by atoms with Gasteiger partial charge in [-0.25, -0.2) is 14.4 Å². The van der Waals surface area contributed by atoms with Crippen molar-refractivity contribution in [2.24, 2.45) is 9.98 Å². The van der Waals surface area contributed by atoms with Crippen LogP contribution in [0.2, 0.25) is 0 Å². The monoisotopic (exact) mass is 295 g/mol. The smallest absolute Gasteiger partial charge is 0.164 e. The fraction of sp³-hybridized carbons (Fsp3) is 0.176. The van der Waals surface area contributed by atoms with Crippen molar-refractivity contribution in [3.05, 3.63) is 71.4 Å². The van der Waals surface area contributed by atoms with Gasteiger partial charge >= 0.3 is 0 Å². The Bertz CT molecular complexity index is 819. The van der Waals surface area contributed by atoms with Crippen molar-refractivity contribution < 1.29 is 9.50 Å². The summed E-state index contributed by atoms with van der Waals surface area (Å²) in [7, 11) is 0. The molecule has 1 aromatic heterocycles. The Morgan fingerprint density at radius 3 is 2.95 bits per heavy atom. The summed E-state index contributed by atoms with van der Waals surface area (Å²) >= 11 is 0. The van der Waals surface area contributed by atoms with E-state index in [1.165, 1.54) is 12.4 Å². The lowest BCUT2D eigenvalue weighted by Gasteiger charge is -2.24. The zero-order valence-electron chi connectivity index (χ0n) is 11.7. The Morgan fingerprint density at radius 2 is 2.09 bits per heavy atom. The summed E-state index contributed by atoms with van der Waals surface area (Å²) in [6.07, 6.45) is 4.98. The number of aromatic nitrogens is 1. The highest BCUT2D eigenvalue weighted by Crippen LogP contribution is 2.35. The van der Waals surface area contributed by atoms with E-state index in [1.807, 2.05) is 29.0 Å². The van der Waals surface area contributed by atoms with E-state index in [0.29, 0.717) is 12.0 Å². The van der Waals surface area contributed by atoms with Gasteiger partial charge in [-0.15, -0.1) is 0 Å². The normalized spacial score (nSPS) is 20.2. The standard InChI is InChI=1S/C17H14FN3O/c18-13-5-2-1-4-12(13)16(22)9-11-8-14-17(20-10-19-14)21-7-3-6-15(11)21/h1-8,10-11,16,22H,9H2. The molecule has 0 amide bonds. The van der Waals surface area contributed by atoms with E-state index in [2.05, 4.69) is 9.98 Å². The molecule has 2 atom stereocenters. The lowest BCUT2D eigenvalue weighted by molar-refractivity contribution is 0.157. The summed E-state index contributed by atoms with van der Waals surface area (Å²) in [6.45, 7) is 0. The first-order valence-electron chi connectivity index (χ1n) is 7.16. The molecule has 3 heterocycles. The van der Waals surface area contributed by atoms with Crippen LogP contribution in [-0.4, -0.2) is 21.8 Å². The number of nitrogens with zero attached hydrogens (tertiary/aromatic N) is 3. The predicted molar refractivity (Wildman–Crippen MR) is 82.6 cm³/mol. The van der Waals surface area contributed by atoms with Gasteiger partial charge in [0.25, 0.3) is 0 Å². The van der Waals surface area contributed by atoms with Crippen LogP contribution in [0.3, 0.4) is 0 Å². The molecule has 4 nitrogen and oxygen atoms in total. The van der Waals surface area contributed by atoms with Crippen molar-refractivity contribution in [2.75, 3.05) is 0 Å². The van der Waals surface area contributed by atoms with Gasteiger partial charge in [-0.2, -0.15) is 0 Å². The van der Waals surface area contributed by atoms with E-state index in [1.54, 1.807) is 18.2 Å². The maximum absolute atomic E-state index is 13.8. The van der Waals surface area contributed by atoms with Crippen LogP contribution in [0.4, 0.5) is 4.39 Å². The van der Waals surface area contributed by atoms with E-state index in [-0.39, 0.29) is 11.7 Å². The first kappa shape index (κ1) is 13.2. The number of benzene rings is 1. The Labute approximate surface area is 127 Å². The maximum atomic E-state index is 13.8. The molecule has 0 spiro atoms. The van der Waals surface area contributed by atoms with Gasteiger partial charge < -0.3 is 9.67 Å². The van der Waals surface area contributed by atoms with Crippen molar-refractivity contribution in [3.63, 3.8) is 0 Å². The van der Waals surface area contributed by atoms with Crippen LogP contribution in [0.5, 0.6) is 0 Å². The van der Waals surface area contributed by atoms with E-state index < -0.39 is 6.10 Å². The van der Waals surface area contributed by atoms with Crippen molar-refractivity contribution >= 4 is 12.2 Å². The topological polar surface area (TPSA) is 49.9 Å². The van der Waals surface area contributed by atoms with E-state index in [4.69, 9.17) is 0 Å². The molecule has 2 aliphatic rings. The molecular formula is C17H14FN3O. The molecule has 2 aliphatic heterocycles. The van der Waals surface area contributed by atoms with Crippen LogP contribution < -0.4 is 0 Å². The number of aliphatic hydroxyl groups is 1. The SMILES string of the molecule is OC(CC1C=C2N=CN=C2n2cccc21)c1ccccc1F. The Kier molecular flexibility index (Phi) is 3.01. The minimum absolute atomic E-state index is 0.0335. The van der Waals surface area contributed by atoms with Crippen LogP contribution in [0.1, 0.15) is 29.7 Å². The molecule has 4 rings (SSSR count). The van der Waals surface area contributed by atoms with Gasteiger partial charge in [-0.1, -0.05) is 18.2 Å². The molecule has 0 radical (unpaired) electrons. The van der Waals surface area contributed by atoms with Crippen LogP contribution in [0.15, 0.2) is 64.4 Å². The number of aliphatic imine (C=N–C) groups is 2. The fourth-order valence-corrected chi connectivity index (χ4v) is 3.04. The minimum Gasteiger partial charge on any atom is -0.388 e. The van der Waals surface area contributed by atoms with Gasteiger partial charge in [-0.3, -0.25) is 0 Å². The fourth-order valence-electron chi connectivity index (χ4n) is 3.04. The van der Waals surface area contributed by atoms with Crippen LogP contribution >= 0.6 is 0 Å². The number of hydrogen-bond acceptors (Lipinski definition) is 3. The second-order valence-electron chi connectivity index (χ2n) is 5.43. The predicted octanol–water partition coefficient (Wildman–Crippen LogP) is 3.02. The number of fused-ring (bicyclic) bond motifs is 3. The molecule has 0 aliphatic carbocycles. The van der Waals surface area contributed by atoms with E-state index in [0.717, 1.165) is 17.2 Å². The van der Waals surface area contributed by atoms with Crippen LogP contribution in [-0.2, 0) is 0 Å². The zero-order valence-corrected chi connectivity index (χ0v) is 11.7. The highest BCUT2D eigenvalue weighted by Gasteiger charge is 2.28. The summed E-state index contributed by atoms with van der Waals surface area (Å²) in [5.74, 6) is 0.389. The minimum atomic E-state index is -0.865. The van der Waals surface area contributed by atoms with Gasteiger partial charge in [-0.05, 0) is 30.7 Å². The van der Waals surface area contributed by atoms with E-state index in [9.17, 15) is 9.50 Å². The van der Waals surface area contributed by atoms with Crippen LogP contribution in [0.25, 0.3) is 0 Å². The molecule has 5 heteroatoms. The molecule has 1 N–H and O–H groups in total. The second kappa shape index (κ2) is 5.03. The Hall–Kier alpha value is -2.53. The molecule has 0 saturated carbocycles. The largest absolute Gasteiger partial charge is 0.388 e. The van der Waals surface area contributed by atoms with Crippen molar-refractivity contribution in [1.29, 1.82) is 0 Å². The van der Waals surface area contributed by atoms with Crippen molar-refractivity contribution in [2.45, 2.75) is 18.4 Å². The average molecular weight is 295 g/mol. The number of rotatable bonds is 3. The second-order valence-corrected chi connectivity index (χ2v) is 5.43. The number of aliphatic hydroxyl groups excluding tert-OH is 1. The summed E-state index contributed by atoms with van der Waals surface area (Å²) in [6, 6.07) is 10.3. The van der Waals surface area contributed by atoms with Gasteiger partial charge in [0.2, 0.25) is 0 Å². The summed E-state index contributed by atoms with van der Waals surface area (Å²) in [5, 5.41) is 10.4. The molecule has 0 bridgehead atoms. The van der Waals surface area contributed by atoms with Crippen molar-refractivity contribution in [1.82, 2.24) is 4.57 Å². The van der Waals surface area contributed by atoms with Gasteiger partial charge in [0.1, 0.15) is 17.9 Å². The third-order valence-corrected chi connectivity index (χ3v) is 4.09. The molecular weight excluding hydrogens is 281 g/mol. The summed E-state index contributed by atoms with van der Waals surface area (Å²) in [4.78, 5) is 8.49. The average Bonchev–Trinajstić information content (AvgIpc) is 3.15. The Morgan fingerprint density at radius 1 is 1.23 bits per heavy atom. The highest BCUT2D eigenvalue weighted by molar-refractivity contribution is 6.08. The molecule has 2 aromatic rings. The molecule has 110 valence electrons. The van der Waals surface area contributed by atoms with E-state index >= 15 is 0 Å². The summed E-state index contributed by atoms with van der Waals surface area (Å²) < 4.78 is 15.8. The van der Waals surface area contributed by atoms with Gasteiger partial charge in [0, 0.05) is 23.4 Å². The lowest BCUT2D eigenvalue weighted by atomic mass is 9.91. The number of halogens is 1.